The summed E-state index contributed by atoms with van der Waals surface area (Å²) in [7, 11) is 0. The molecule has 0 unspecified atom stereocenters. The number of nitrogen functional groups attached to an aromatic ring is 1. The summed E-state index contributed by atoms with van der Waals surface area (Å²) < 4.78 is 5.34. The van der Waals surface area contributed by atoms with Gasteiger partial charge in [-0.3, -0.25) is 4.79 Å². The second-order valence-corrected chi connectivity index (χ2v) is 5.04. The van der Waals surface area contributed by atoms with E-state index in [0.29, 0.717) is 5.56 Å². The van der Waals surface area contributed by atoms with Crippen LogP contribution in [0.2, 0.25) is 0 Å². The number of hydrogen-bond acceptors (Lipinski definition) is 5. The van der Waals surface area contributed by atoms with Crippen molar-refractivity contribution in [2.45, 2.75) is 0 Å². The highest BCUT2D eigenvalue weighted by Gasteiger charge is 2.12. The average Bonchev–Trinajstić information content (AvgIpc) is 2.57. The lowest BCUT2D eigenvalue weighted by Gasteiger charge is -2.28. The van der Waals surface area contributed by atoms with Crippen LogP contribution >= 0.6 is 0 Å². The van der Waals surface area contributed by atoms with E-state index in [9.17, 15) is 4.79 Å². The van der Waals surface area contributed by atoms with E-state index in [1.165, 1.54) is 0 Å². The van der Waals surface area contributed by atoms with Crippen LogP contribution in [0.4, 0.5) is 17.2 Å². The van der Waals surface area contributed by atoms with Crippen LogP contribution in [-0.2, 0) is 4.74 Å². The van der Waals surface area contributed by atoms with Crippen LogP contribution in [0, 0.1) is 0 Å². The Labute approximate surface area is 128 Å². The predicted molar refractivity (Wildman–Crippen MR) is 86.1 cm³/mol. The van der Waals surface area contributed by atoms with Crippen LogP contribution in [-0.4, -0.2) is 37.2 Å². The van der Waals surface area contributed by atoms with E-state index in [2.05, 4.69) is 15.2 Å². The van der Waals surface area contributed by atoms with Gasteiger partial charge in [0.1, 0.15) is 5.82 Å². The quantitative estimate of drug-likeness (QED) is 0.902. The van der Waals surface area contributed by atoms with Crippen LogP contribution in [0.5, 0.6) is 0 Å². The number of benzene rings is 1. The fraction of sp³-hybridized carbons (Fsp3) is 0.250. The number of anilines is 3. The summed E-state index contributed by atoms with van der Waals surface area (Å²) in [5, 5.41) is 2.83. The number of nitrogens with two attached hydrogens (primary N) is 1. The van der Waals surface area contributed by atoms with E-state index in [1.54, 1.807) is 18.3 Å². The number of amides is 1. The fourth-order valence-electron chi connectivity index (χ4n) is 2.39. The molecule has 6 nitrogen and oxygen atoms in total. The second-order valence-electron chi connectivity index (χ2n) is 5.04. The number of hydrogen-bond donors (Lipinski definition) is 2. The first-order chi connectivity index (χ1) is 10.7. The molecule has 3 rings (SSSR count). The van der Waals surface area contributed by atoms with E-state index in [0.717, 1.165) is 37.7 Å². The standard InChI is InChI=1S/C16H18N4O2/c17-15-14(2-1-7-18-15)16(21)19-12-3-5-13(6-4-12)20-8-10-22-11-9-20/h1-7H,8-11H2,(H2,17,18)(H,19,21). The molecule has 3 N–H and O–H groups in total. The minimum Gasteiger partial charge on any atom is -0.383 e. The molecule has 1 aromatic heterocycles. The smallest absolute Gasteiger partial charge is 0.259 e. The van der Waals surface area contributed by atoms with E-state index < -0.39 is 0 Å². The number of carbonyl (C=O) groups is 1. The number of ether oxygens (including phenoxy) is 1. The average molecular weight is 298 g/mol. The topological polar surface area (TPSA) is 80.5 Å². The van der Waals surface area contributed by atoms with E-state index in [4.69, 9.17) is 10.5 Å². The molecule has 0 aliphatic carbocycles. The lowest BCUT2D eigenvalue weighted by Crippen LogP contribution is -2.36. The highest BCUT2D eigenvalue weighted by Crippen LogP contribution is 2.20. The zero-order valence-electron chi connectivity index (χ0n) is 12.2. The third-order valence-corrected chi connectivity index (χ3v) is 3.58. The third-order valence-electron chi connectivity index (χ3n) is 3.58. The molecule has 0 radical (unpaired) electrons. The molecule has 6 heteroatoms. The molecular formula is C16H18N4O2. The highest BCUT2D eigenvalue weighted by atomic mass is 16.5. The molecule has 0 saturated carbocycles. The molecule has 0 atom stereocenters. The van der Waals surface area contributed by atoms with Crippen LogP contribution in [0.15, 0.2) is 42.6 Å². The molecule has 22 heavy (non-hydrogen) atoms. The molecule has 1 fully saturated rings. The summed E-state index contributed by atoms with van der Waals surface area (Å²) in [4.78, 5) is 18.3. The second kappa shape index (κ2) is 6.44. The molecule has 0 spiro atoms. The molecule has 2 heterocycles. The van der Waals surface area contributed by atoms with Crippen LogP contribution in [0.3, 0.4) is 0 Å². The van der Waals surface area contributed by atoms with Gasteiger partial charge in [0.05, 0.1) is 18.8 Å². The summed E-state index contributed by atoms with van der Waals surface area (Å²) in [5.74, 6) is -0.0327. The van der Waals surface area contributed by atoms with Gasteiger partial charge < -0.3 is 20.7 Å². The van der Waals surface area contributed by atoms with Gasteiger partial charge in [-0.15, -0.1) is 0 Å². The van der Waals surface area contributed by atoms with Gasteiger partial charge in [-0.1, -0.05) is 0 Å². The van der Waals surface area contributed by atoms with Crippen molar-refractivity contribution in [3.05, 3.63) is 48.2 Å². The highest BCUT2D eigenvalue weighted by molar-refractivity contribution is 6.07. The molecule has 1 aliphatic heterocycles. The Morgan fingerprint density at radius 2 is 1.91 bits per heavy atom. The Morgan fingerprint density at radius 3 is 2.59 bits per heavy atom. The lowest BCUT2D eigenvalue weighted by atomic mass is 10.2. The largest absolute Gasteiger partial charge is 0.383 e. The normalized spacial score (nSPS) is 14.6. The molecule has 1 aromatic carbocycles. The van der Waals surface area contributed by atoms with Crippen molar-refractivity contribution in [2.75, 3.05) is 42.3 Å². The number of nitrogens with zero attached hydrogens (tertiary/aromatic N) is 2. The zero-order valence-corrected chi connectivity index (χ0v) is 12.2. The number of carbonyl (C=O) groups excluding carboxylic acids is 1. The maximum atomic E-state index is 12.2. The Balaban J connectivity index is 1.68. The van der Waals surface area contributed by atoms with Crippen molar-refractivity contribution in [3.8, 4) is 0 Å². The van der Waals surface area contributed by atoms with Gasteiger partial charge in [0.15, 0.2) is 0 Å². The summed E-state index contributed by atoms with van der Waals surface area (Å²) >= 11 is 0. The van der Waals surface area contributed by atoms with Crippen LogP contribution in [0.1, 0.15) is 10.4 Å². The van der Waals surface area contributed by atoms with E-state index >= 15 is 0 Å². The minimum absolute atomic E-state index is 0.227. The van der Waals surface area contributed by atoms with Gasteiger partial charge in [-0.05, 0) is 36.4 Å². The van der Waals surface area contributed by atoms with Crippen LogP contribution in [0.25, 0.3) is 0 Å². The van der Waals surface area contributed by atoms with Crippen molar-refractivity contribution in [3.63, 3.8) is 0 Å². The zero-order chi connectivity index (χ0) is 15.4. The van der Waals surface area contributed by atoms with Gasteiger partial charge in [0.25, 0.3) is 5.91 Å². The Bertz CT molecular complexity index is 651. The molecule has 0 bridgehead atoms. The maximum Gasteiger partial charge on any atom is 0.259 e. The SMILES string of the molecule is Nc1ncccc1C(=O)Nc1ccc(N2CCOCC2)cc1. The monoisotopic (exact) mass is 298 g/mol. The summed E-state index contributed by atoms with van der Waals surface area (Å²) in [6.45, 7) is 3.27. The summed E-state index contributed by atoms with van der Waals surface area (Å²) in [6, 6.07) is 11.1. The summed E-state index contributed by atoms with van der Waals surface area (Å²) in [6.07, 6.45) is 1.56. The number of pyridine rings is 1. The molecule has 2 aromatic rings. The number of morpholine rings is 1. The molecule has 114 valence electrons. The molecular weight excluding hydrogens is 280 g/mol. The van der Waals surface area contributed by atoms with Crippen molar-refractivity contribution >= 4 is 23.1 Å². The lowest BCUT2D eigenvalue weighted by molar-refractivity contribution is 0.102. The Kier molecular flexibility index (Phi) is 4.20. The first kappa shape index (κ1) is 14.3. The van der Waals surface area contributed by atoms with Crippen molar-refractivity contribution in [2.24, 2.45) is 0 Å². The van der Waals surface area contributed by atoms with Gasteiger partial charge in [0.2, 0.25) is 0 Å². The number of nitrogens with one attached hydrogen (secondary N) is 1. The molecule has 1 saturated heterocycles. The van der Waals surface area contributed by atoms with Crippen molar-refractivity contribution < 1.29 is 9.53 Å². The Hall–Kier alpha value is -2.60. The number of rotatable bonds is 3. The van der Waals surface area contributed by atoms with Gasteiger partial charge in [-0.25, -0.2) is 4.98 Å². The van der Waals surface area contributed by atoms with E-state index in [-0.39, 0.29) is 11.7 Å². The van der Waals surface area contributed by atoms with Crippen molar-refractivity contribution in [1.82, 2.24) is 4.98 Å². The number of aromatic nitrogens is 1. The molecule has 1 amide bonds. The Morgan fingerprint density at radius 1 is 1.18 bits per heavy atom. The summed E-state index contributed by atoms with van der Waals surface area (Å²) in [5.41, 5.74) is 7.94. The van der Waals surface area contributed by atoms with Crippen LogP contribution < -0.4 is 16.0 Å². The van der Waals surface area contributed by atoms with E-state index in [1.807, 2.05) is 24.3 Å². The first-order valence-corrected chi connectivity index (χ1v) is 7.18. The third kappa shape index (κ3) is 3.17. The van der Waals surface area contributed by atoms with Gasteiger partial charge in [-0.2, -0.15) is 0 Å². The predicted octanol–water partition coefficient (Wildman–Crippen LogP) is 1.75. The first-order valence-electron chi connectivity index (χ1n) is 7.18. The van der Waals surface area contributed by atoms with Crippen molar-refractivity contribution in [1.29, 1.82) is 0 Å². The molecule has 1 aliphatic rings. The van der Waals surface area contributed by atoms with Gasteiger partial charge in [0, 0.05) is 30.7 Å². The fourth-order valence-corrected chi connectivity index (χ4v) is 2.39. The minimum atomic E-state index is -0.260. The maximum absolute atomic E-state index is 12.2. The van der Waals surface area contributed by atoms with Gasteiger partial charge >= 0.3 is 0 Å².